The minimum Gasteiger partial charge on any atom is -0.370 e. The van der Waals surface area contributed by atoms with Crippen LogP contribution in [0.5, 0.6) is 0 Å². The molecule has 2 rings (SSSR count). The topological polar surface area (TPSA) is 12.5 Å². The molecule has 1 nitrogen and oxygen atoms in total. The molecule has 3 atom stereocenters. The van der Waals surface area contributed by atoms with Crippen LogP contribution in [0.1, 0.15) is 32.1 Å². The van der Waals surface area contributed by atoms with Gasteiger partial charge in [0.1, 0.15) is 0 Å². The van der Waals surface area contributed by atoms with E-state index < -0.39 is 0 Å². The summed E-state index contributed by atoms with van der Waals surface area (Å²) >= 11 is 0. The first-order valence-corrected chi connectivity index (χ1v) is 4.68. The number of allylic oxidation sites excluding steroid dienone is 1. The molecule has 2 fully saturated rings. The lowest BCUT2D eigenvalue weighted by molar-refractivity contribution is 0.349. The molecule has 0 aromatic carbocycles. The van der Waals surface area contributed by atoms with Crippen molar-refractivity contribution in [3.63, 3.8) is 0 Å². The smallest absolute Gasteiger partial charge is 0.0847 e. The molecule has 1 saturated carbocycles. The highest BCUT2D eigenvalue weighted by Crippen LogP contribution is 2.36. The van der Waals surface area contributed by atoms with Gasteiger partial charge in [0.05, 0.1) is 12.2 Å². The SMILES string of the molecule is C=CC1CCCCC2OC2C1. The molecule has 0 aromatic rings. The molecule has 1 heterocycles. The van der Waals surface area contributed by atoms with Gasteiger partial charge in [-0.05, 0) is 25.2 Å². The molecule has 1 aliphatic heterocycles. The molecule has 2 aliphatic rings. The lowest BCUT2D eigenvalue weighted by atomic mass is 9.91. The van der Waals surface area contributed by atoms with E-state index in [4.69, 9.17) is 4.74 Å². The predicted molar refractivity (Wildman–Crippen MR) is 45.4 cm³/mol. The Kier molecular flexibility index (Phi) is 1.99. The van der Waals surface area contributed by atoms with Crippen LogP contribution in [0.25, 0.3) is 0 Å². The van der Waals surface area contributed by atoms with Gasteiger partial charge in [-0.25, -0.2) is 0 Å². The van der Waals surface area contributed by atoms with E-state index in [9.17, 15) is 0 Å². The molecule has 0 radical (unpaired) electrons. The Morgan fingerprint density at radius 2 is 2.00 bits per heavy atom. The van der Waals surface area contributed by atoms with Crippen molar-refractivity contribution >= 4 is 0 Å². The van der Waals surface area contributed by atoms with E-state index in [0.717, 1.165) is 5.92 Å². The van der Waals surface area contributed by atoms with Gasteiger partial charge in [-0.2, -0.15) is 0 Å². The monoisotopic (exact) mass is 152 g/mol. The first-order valence-electron chi connectivity index (χ1n) is 4.68. The van der Waals surface area contributed by atoms with Crippen molar-refractivity contribution in [2.24, 2.45) is 5.92 Å². The van der Waals surface area contributed by atoms with E-state index >= 15 is 0 Å². The molecular weight excluding hydrogens is 136 g/mol. The molecule has 62 valence electrons. The van der Waals surface area contributed by atoms with E-state index in [1.165, 1.54) is 32.1 Å². The first kappa shape index (κ1) is 7.35. The highest BCUT2D eigenvalue weighted by molar-refractivity contribution is 4.92. The fourth-order valence-corrected chi connectivity index (χ4v) is 2.02. The van der Waals surface area contributed by atoms with E-state index in [2.05, 4.69) is 12.7 Å². The average Bonchev–Trinajstić information content (AvgIpc) is 2.67. The summed E-state index contributed by atoms with van der Waals surface area (Å²) in [6, 6.07) is 0. The third-order valence-electron chi connectivity index (χ3n) is 2.87. The molecule has 0 N–H and O–H groups in total. The molecule has 1 saturated heterocycles. The fourth-order valence-electron chi connectivity index (χ4n) is 2.02. The van der Waals surface area contributed by atoms with Gasteiger partial charge in [0.25, 0.3) is 0 Å². The Morgan fingerprint density at radius 1 is 1.18 bits per heavy atom. The summed E-state index contributed by atoms with van der Waals surface area (Å²) in [5, 5.41) is 0. The van der Waals surface area contributed by atoms with Crippen LogP contribution in [0, 0.1) is 5.92 Å². The number of rotatable bonds is 1. The molecule has 1 aliphatic carbocycles. The number of fused-ring (bicyclic) bond motifs is 1. The number of hydrogen-bond acceptors (Lipinski definition) is 1. The van der Waals surface area contributed by atoms with Crippen molar-refractivity contribution in [1.29, 1.82) is 0 Å². The van der Waals surface area contributed by atoms with Crippen LogP contribution in [0.15, 0.2) is 12.7 Å². The van der Waals surface area contributed by atoms with Crippen molar-refractivity contribution in [3.8, 4) is 0 Å². The van der Waals surface area contributed by atoms with Crippen molar-refractivity contribution in [2.75, 3.05) is 0 Å². The third-order valence-corrected chi connectivity index (χ3v) is 2.87. The number of ether oxygens (including phenoxy) is 1. The summed E-state index contributed by atoms with van der Waals surface area (Å²) in [5.41, 5.74) is 0. The predicted octanol–water partition coefficient (Wildman–Crippen LogP) is 2.52. The van der Waals surface area contributed by atoms with Gasteiger partial charge in [0.15, 0.2) is 0 Å². The van der Waals surface area contributed by atoms with Crippen molar-refractivity contribution in [2.45, 2.75) is 44.3 Å². The maximum absolute atomic E-state index is 5.52. The summed E-state index contributed by atoms with van der Waals surface area (Å²) in [6.45, 7) is 3.85. The van der Waals surface area contributed by atoms with Crippen LogP contribution < -0.4 is 0 Å². The second kappa shape index (κ2) is 2.98. The standard InChI is InChI=1S/C10H16O/c1-2-8-5-3-4-6-9-10(7-8)11-9/h2,8-10H,1,3-7H2. The average molecular weight is 152 g/mol. The Hall–Kier alpha value is -0.300. The van der Waals surface area contributed by atoms with Crippen molar-refractivity contribution < 1.29 is 4.74 Å². The van der Waals surface area contributed by atoms with Crippen LogP contribution in [-0.2, 0) is 4.74 Å². The maximum Gasteiger partial charge on any atom is 0.0847 e. The summed E-state index contributed by atoms with van der Waals surface area (Å²) in [7, 11) is 0. The Bertz CT molecular complexity index is 153. The number of epoxide rings is 1. The molecule has 0 bridgehead atoms. The van der Waals surface area contributed by atoms with E-state index in [1.807, 2.05) is 0 Å². The van der Waals surface area contributed by atoms with Crippen LogP contribution in [-0.4, -0.2) is 12.2 Å². The first-order chi connectivity index (χ1) is 5.40. The lowest BCUT2D eigenvalue weighted by Crippen LogP contribution is -2.06. The zero-order valence-electron chi connectivity index (χ0n) is 6.96. The van der Waals surface area contributed by atoms with Gasteiger partial charge in [-0.15, -0.1) is 6.58 Å². The second-order valence-corrected chi connectivity index (χ2v) is 3.73. The molecule has 11 heavy (non-hydrogen) atoms. The van der Waals surface area contributed by atoms with Crippen LogP contribution in [0.4, 0.5) is 0 Å². The van der Waals surface area contributed by atoms with Gasteiger partial charge in [0, 0.05) is 0 Å². The van der Waals surface area contributed by atoms with Gasteiger partial charge < -0.3 is 4.74 Å². The maximum atomic E-state index is 5.52. The molecule has 3 unspecified atom stereocenters. The molecule has 0 amide bonds. The molecule has 1 heteroatoms. The lowest BCUT2D eigenvalue weighted by Gasteiger charge is -2.12. The normalized spacial score (nSPS) is 43.5. The second-order valence-electron chi connectivity index (χ2n) is 3.73. The van der Waals surface area contributed by atoms with Crippen LogP contribution in [0.2, 0.25) is 0 Å². The largest absolute Gasteiger partial charge is 0.370 e. The van der Waals surface area contributed by atoms with Gasteiger partial charge >= 0.3 is 0 Å². The highest BCUT2D eigenvalue weighted by atomic mass is 16.6. The van der Waals surface area contributed by atoms with E-state index in [0.29, 0.717) is 12.2 Å². The van der Waals surface area contributed by atoms with E-state index in [-0.39, 0.29) is 0 Å². The van der Waals surface area contributed by atoms with E-state index in [1.54, 1.807) is 0 Å². The zero-order chi connectivity index (χ0) is 7.68. The van der Waals surface area contributed by atoms with Crippen LogP contribution in [0.3, 0.4) is 0 Å². The third kappa shape index (κ3) is 1.64. The minimum absolute atomic E-state index is 0.596. The fraction of sp³-hybridized carbons (Fsp3) is 0.800. The minimum atomic E-state index is 0.596. The van der Waals surface area contributed by atoms with Gasteiger partial charge in [-0.3, -0.25) is 0 Å². The summed E-state index contributed by atoms with van der Waals surface area (Å²) in [4.78, 5) is 0. The summed E-state index contributed by atoms with van der Waals surface area (Å²) in [6.07, 6.45) is 9.90. The van der Waals surface area contributed by atoms with Crippen molar-refractivity contribution in [1.82, 2.24) is 0 Å². The Balaban J connectivity index is 1.88. The van der Waals surface area contributed by atoms with Gasteiger partial charge in [-0.1, -0.05) is 18.9 Å². The van der Waals surface area contributed by atoms with Crippen LogP contribution >= 0.6 is 0 Å². The number of hydrogen-bond donors (Lipinski definition) is 0. The molecular formula is C10H16O. The Labute approximate surface area is 68.4 Å². The zero-order valence-corrected chi connectivity index (χ0v) is 6.96. The van der Waals surface area contributed by atoms with Crippen molar-refractivity contribution in [3.05, 3.63) is 12.7 Å². The molecule has 0 aromatic heterocycles. The Morgan fingerprint density at radius 3 is 2.82 bits per heavy atom. The molecule has 0 spiro atoms. The summed E-state index contributed by atoms with van der Waals surface area (Å²) < 4.78 is 5.52. The summed E-state index contributed by atoms with van der Waals surface area (Å²) in [5.74, 6) is 0.727. The van der Waals surface area contributed by atoms with Gasteiger partial charge in [0.2, 0.25) is 0 Å². The quantitative estimate of drug-likeness (QED) is 0.415. The highest BCUT2D eigenvalue weighted by Gasteiger charge is 2.39.